The highest BCUT2D eigenvalue weighted by atomic mass is 32.1. The molecule has 2 aromatic carbocycles. The van der Waals surface area contributed by atoms with Gasteiger partial charge in [-0.05, 0) is 41.8 Å². The highest BCUT2D eigenvalue weighted by molar-refractivity contribution is 7.10. The molecule has 1 heterocycles. The Bertz CT molecular complexity index is 814. The Labute approximate surface area is 151 Å². The molecular weight excluding hydrogens is 332 g/mol. The van der Waals surface area contributed by atoms with Crippen LogP contribution in [0.25, 0.3) is 0 Å². The molecule has 0 saturated heterocycles. The van der Waals surface area contributed by atoms with Gasteiger partial charge in [-0.3, -0.25) is 4.79 Å². The zero-order valence-electron chi connectivity index (χ0n) is 14.0. The van der Waals surface area contributed by atoms with E-state index >= 15 is 0 Å². The number of para-hydroxylation sites is 1. The summed E-state index contributed by atoms with van der Waals surface area (Å²) in [6.07, 6.45) is 0.408. The van der Waals surface area contributed by atoms with Gasteiger partial charge in [0.15, 0.2) is 0 Å². The Morgan fingerprint density at radius 1 is 1.00 bits per heavy atom. The largest absolute Gasteiger partial charge is 0.496 e. The first-order valence-electron chi connectivity index (χ1n) is 8.02. The Morgan fingerprint density at radius 2 is 1.76 bits per heavy atom. The number of thiophene rings is 1. The van der Waals surface area contributed by atoms with Crippen molar-refractivity contribution >= 4 is 28.6 Å². The van der Waals surface area contributed by atoms with E-state index in [-0.39, 0.29) is 5.91 Å². The van der Waals surface area contributed by atoms with Crippen LogP contribution in [-0.4, -0.2) is 13.0 Å². The molecule has 0 unspecified atom stereocenters. The molecule has 4 nitrogen and oxygen atoms in total. The maximum atomic E-state index is 12.0. The van der Waals surface area contributed by atoms with Crippen LogP contribution >= 0.6 is 11.3 Å². The zero-order chi connectivity index (χ0) is 17.5. The van der Waals surface area contributed by atoms with Crippen molar-refractivity contribution < 1.29 is 9.53 Å². The lowest BCUT2D eigenvalue weighted by Gasteiger charge is -2.11. The number of hydrogen-bond acceptors (Lipinski definition) is 4. The van der Waals surface area contributed by atoms with Crippen molar-refractivity contribution in [1.82, 2.24) is 0 Å². The smallest absolute Gasteiger partial charge is 0.229 e. The van der Waals surface area contributed by atoms with Crippen molar-refractivity contribution in [2.24, 2.45) is 0 Å². The molecule has 0 bridgehead atoms. The normalized spacial score (nSPS) is 10.3. The standard InChI is InChI=1S/C20H20N2O2S/c1-24-19-7-3-2-5-15(19)14-21-16-8-10-17(11-9-16)22-20(23)13-18-6-4-12-25-18/h2-12,21H,13-14H2,1H3,(H,22,23). The number of carbonyl (C=O) groups excluding carboxylic acids is 1. The third-order valence-corrected chi connectivity index (χ3v) is 4.64. The van der Waals surface area contributed by atoms with Gasteiger partial charge in [0.25, 0.3) is 0 Å². The summed E-state index contributed by atoms with van der Waals surface area (Å²) in [7, 11) is 1.67. The van der Waals surface area contributed by atoms with Gasteiger partial charge in [0.05, 0.1) is 13.5 Å². The van der Waals surface area contributed by atoms with E-state index in [1.165, 1.54) is 0 Å². The van der Waals surface area contributed by atoms with Crippen molar-refractivity contribution in [3.05, 3.63) is 76.5 Å². The van der Waals surface area contributed by atoms with Gasteiger partial charge in [-0.15, -0.1) is 11.3 Å². The molecule has 0 spiro atoms. The van der Waals surface area contributed by atoms with E-state index in [1.807, 2.05) is 66.0 Å². The molecule has 1 aromatic heterocycles. The van der Waals surface area contributed by atoms with E-state index in [4.69, 9.17) is 4.74 Å². The Kier molecular flexibility index (Phi) is 5.69. The number of anilines is 2. The number of ether oxygens (including phenoxy) is 1. The summed E-state index contributed by atoms with van der Waals surface area (Å²) < 4.78 is 5.35. The molecule has 25 heavy (non-hydrogen) atoms. The van der Waals surface area contributed by atoms with Crippen LogP contribution in [0.3, 0.4) is 0 Å². The van der Waals surface area contributed by atoms with Crippen LogP contribution < -0.4 is 15.4 Å². The molecule has 0 radical (unpaired) electrons. The van der Waals surface area contributed by atoms with E-state index in [1.54, 1.807) is 18.4 Å². The van der Waals surface area contributed by atoms with Gasteiger partial charge in [-0.25, -0.2) is 0 Å². The molecule has 2 N–H and O–H groups in total. The predicted octanol–water partition coefficient (Wildman–Crippen LogP) is 4.55. The van der Waals surface area contributed by atoms with E-state index in [0.29, 0.717) is 13.0 Å². The molecule has 0 aliphatic carbocycles. The van der Waals surface area contributed by atoms with Crippen molar-refractivity contribution in [1.29, 1.82) is 0 Å². The van der Waals surface area contributed by atoms with Crippen LogP contribution in [0.1, 0.15) is 10.4 Å². The molecule has 3 rings (SSSR count). The summed E-state index contributed by atoms with van der Waals surface area (Å²) >= 11 is 1.59. The molecule has 0 saturated carbocycles. The highest BCUT2D eigenvalue weighted by Crippen LogP contribution is 2.20. The zero-order valence-corrected chi connectivity index (χ0v) is 14.8. The lowest BCUT2D eigenvalue weighted by atomic mass is 10.2. The summed E-state index contributed by atoms with van der Waals surface area (Å²) in [6, 6.07) is 19.6. The average molecular weight is 352 g/mol. The molecule has 3 aromatic rings. The van der Waals surface area contributed by atoms with E-state index < -0.39 is 0 Å². The number of nitrogens with one attached hydrogen (secondary N) is 2. The monoisotopic (exact) mass is 352 g/mol. The van der Waals surface area contributed by atoms with Crippen molar-refractivity contribution in [3.8, 4) is 5.75 Å². The molecule has 128 valence electrons. The van der Waals surface area contributed by atoms with Gasteiger partial charge < -0.3 is 15.4 Å². The minimum atomic E-state index is -0.00261. The first-order chi connectivity index (χ1) is 12.2. The molecule has 0 fully saturated rings. The fourth-order valence-electron chi connectivity index (χ4n) is 2.49. The van der Waals surface area contributed by atoms with Crippen LogP contribution in [0.2, 0.25) is 0 Å². The summed E-state index contributed by atoms with van der Waals surface area (Å²) in [5, 5.41) is 8.26. The maximum absolute atomic E-state index is 12.0. The lowest BCUT2D eigenvalue weighted by Crippen LogP contribution is -2.13. The third kappa shape index (κ3) is 4.84. The van der Waals surface area contributed by atoms with Crippen LogP contribution in [-0.2, 0) is 17.8 Å². The van der Waals surface area contributed by atoms with E-state index in [2.05, 4.69) is 10.6 Å². The second-order valence-corrected chi connectivity index (χ2v) is 6.58. The fraction of sp³-hybridized carbons (Fsp3) is 0.150. The van der Waals surface area contributed by atoms with Gasteiger partial charge in [0.1, 0.15) is 5.75 Å². The molecule has 0 atom stereocenters. The minimum Gasteiger partial charge on any atom is -0.496 e. The Morgan fingerprint density at radius 3 is 2.48 bits per heavy atom. The van der Waals surface area contributed by atoms with Gasteiger partial charge in [0.2, 0.25) is 5.91 Å². The predicted molar refractivity (Wildman–Crippen MR) is 103 cm³/mol. The second kappa shape index (κ2) is 8.35. The summed E-state index contributed by atoms with van der Waals surface area (Å²) in [5.41, 5.74) is 2.88. The number of methoxy groups -OCH3 is 1. The molecular formula is C20H20N2O2S. The maximum Gasteiger partial charge on any atom is 0.229 e. The molecule has 0 aliphatic rings. The Balaban J connectivity index is 1.54. The molecule has 5 heteroatoms. The van der Waals surface area contributed by atoms with Crippen LogP contribution in [0.15, 0.2) is 66.0 Å². The SMILES string of the molecule is COc1ccccc1CNc1ccc(NC(=O)Cc2cccs2)cc1. The van der Waals surface area contributed by atoms with Crippen LogP contribution in [0.4, 0.5) is 11.4 Å². The molecule has 0 aliphatic heterocycles. The third-order valence-electron chi connectivity index (χ3n) is 3.76. The second-order valence-electron chi connectivity index (χ2n) is 5.55. The number of carbonyl (C=O) groups is 1. The van der Waals surface area contributed by atoms with Gasteiger partial charge in [-0.1, -0.05) is 24.3 Å². The van der Waals surface area contributed by atoms with Crippen molar-refractivity contribution in [2.45, 2.75) is 13.0 Å². The van der Waals surface area contributed by atoms with Crippen molar-refractivity contribution in [3.63, 3.8) is 0 Å². The lowest BCUT2D eigenvalue weighted by molar-refractivity contribution is -0.115. The minimum absolute atomic E-state index is 0.00261. The summed E-state index contributed by atoms with van der Waals surface area (Å²) in [4.78, 5) is 13.1. The summed E-state index contributed by atoms with van der Waals surface area (Å²) in [6.45, 7) is 0.675. The number of hydrogen-bond donors (Lipinski definition) is 2. The van der Waals surface area contributed by atoms with E-state index in [0.717, 1.165) is 27.6 Å². The van der Waals surface area contributed by atoms with Crippen molar-refractivity contribution in [2.75, 3.05) is 17.7 Å². The topological polar surface area (TPSA) is 50.4 Å². The molecule has 1 amide bonds. The first kappa shape index (κ1) is 17.0. The van der Waals surface area contributed by atoms with Gasteiger partial charge >= 0.3 is 0 Å². The van der Waals surface area contributed by atoms with E-state index in [9.17, 15) is 4.79 Å². The summed E-state index contributed by atoms with van der Waals surface area (Å²) in [5.74, 6) is 0.865. The van der Waals surface area contributed by atoms with Gasteiger partial charge in [-0.2, -0.15) is 0 Å². The number of amides is 1. The average Bonchev–Trinajstić information content (AvgIpc) is 3.14. The number of rotatable bonds is 7. The first-order valence-corrected chi connectivity index (χ1v) is 8.90. The van der Waals surface area contributed by atoms with Crippen LogP contribution in [0, 0.1) is 0 Å². The quantitative estimate of drug-likeness (QED) is 0.656. The highest BCUT2D eigenvalue weighted by Gasteiger charge is 2.05. The van der Waals surface area contributed by atoms with Crippen LogP contribution in [0.5, 0.6) is 5.75 Å². The fourth-order valence-corrected chi connectivity index (χ4v) is 3.20. The Hall–Kier alpha value is -2.79. The number of benzene rings is 2. The van der Waals surface area contributed by atoms with Gasteiger partial charge in [0, 0.05) is 28.4 Å².